The first kappa shape index (κ1) is 9.64. The van der Waals surface area contributed by atoms with Crippen LogP contribution in [0.4, 0.5) is 0 Å². The standard InChI is InChI=1S/C9H13N3O/c1-6(2)11-9(13)8-10-5-4-7(3)12-8/h4-6H,1-3H3,(H,11,13). The van der Waals surface area contributed by atoms with Crippen molar-refractivity contribution in [3.05, 3.63) is 23.8 Å². The van der Waals surface area contributed by atoms with Crippen LogP contribution in [0.5, 0.6) is 0 Å². The van der Waals surface area contributed by atoms with E-state index in [0.29, 0.717) is 0 Å². The van der Waals surface area contributed by atoms with E-state index in [0.717, 1.165) is 5.69 Å². The number of rotatable bonds is 2. The Morgan fingerprint density at radius 1 is 1.54 bits per heavy atom. The molecule has 0 unspecified atom stereocenters. The summed E-state index contributed by atoms with van der Waals surface area (Å²) >= 11 is 0. The highest BCUT2D eigenvalue weighted by atomic mass is 16.2. The van der Waals surface area contributed by atoms with Gasteiger partial charge in [0.1, 0.15) is 0 Å². The summed E-state index contributed by atoms with van der Waals surface area (Å²) in [7, 11) is 0. The monoisotopic (exact) mass is 179 g/mol. The minimum atomic E-state index is -0.223. The summed E-state index contributed by atoms with van der Waals surface area (Å²) in [6.45, 7) is 5.62. The summed E-state index contributed by atoms with van der Waals surface area (Å²) < 4.78 is 0. The number of nitrogens with zero attached hydrogens (tertiary/aromatic N) is 2. The zero-order valence-electron chi connectivity index (χ0n) is 8.03. The Balaban J connectivity index is 2.77. The molecule has 1 N–H and O–H groups in total. The van der Waals surface area contributed by atoms with Crippen LogP contribution in [0.3, 0.4) is 0 Å². The highest BCUT2D eigenvalue weighted by Crippen LogP contribution is 1.93. The van der Waals surface area contributed by atoms with Gasteiger partial charge in [0.05, 0.1) is 0 Å². The minimum absolute atomic E-state index is 0.108. The Morgan fingerprint density at radius 3 is 2.77 bits per heavy atom. The molecule has 0 atom stereocenters. The predicted octanol–water partition coefficient (Wildman–Crippen LogP) is 0.923. The molecule has 1 aromatic rings. The molecule has 0 saturated carbocycles. The Morgan fingerprint density at radius 2 is 2.23 bits per heavy atom. The number of carbonyl (C=O) groups excluding carboxylic acids is 1. The maximum absolute atomic E-state index is 11.4. The number of amides is 1. The fourth-order valence-electron chi connectivity index (χ4n) is 0.885. The van der Waals surface area contributed by atoms with E-state index in [-0.39, 0.29) is 17.8 Å². The Kier molecular flexibility index (Phi) is 2.95. The molecule has 0 bridgehead atoms. The van der Waals surface area contributed by atoms with Crippen molar-refractivity contribution < 1.29 is 4.79 Å². The van der Waals surface area contributed by atoms with Crippen LogP contribution in [0.2, 0.25) is 0 Å². The molecule has 13 heavy (non-hydrogen) atoms. The smallest absolute Gasteiger partial charge is 0.289 e. The number of nitrogens with one attached hydrogen (secondary N) is 1. The number of hydrogen-bond donors (Lipinski definition) is 1. The molecule has 1 aromatic heterocycles. The van der Waals surface area contributed by atoms with Crippen molar-refractivity contribution in [2.24, 2.45) is 0 Å². The largest absolute Gasteiger partial charge is 0.347 e. The average molecular weight is 179 g/mol. The predicted molar refractivity (Wildman–Crippen MR) is 49.4 cm³/mol. The van der Waals surface area contributed by atoms with E-state index < -0.39 is 0 Å². The van der Waals surface area contributed by atoms with Crippen molar-refractivity contribution >= 4 is 5.91 Å². The third-order valence-corrected chi connectivity index (χ3v) is 1.42. The third kappa shape index (κ3) is 2.82. The number of aromatic nitrogens is 2. The first-order chi connectivity index (χ1) is 6.09. The van der Waals surface area contributed by atoms with Crippen molar-refractivity contribution in [2.45, 2.75) is 26.8 Å². The molecule has 1 amide bonds. The minimum Gasteiger partial charge on any atom is -0.347 e. The van der Waals surface area contributed by atoms with Crippen molar-refractivity contribution in [1.82, 2.24) is 15.3 Å². The normalized spacial score (nSPS) is 10.2. The van der Waals surface area contributed by atoms with Gasteiger partial charge in [0.15, 0.2) is 0 Å². The first-order valence-corrected chi connectivity index (χ1v) is 4.20. The van der Waals surface area contributed by atoms with E-state index in [4.69, 9.17) is 0 Å². The zero-order chi connectivity index (χ0) is 9.84. The first-order valence-electron chi connectivity index (χ1n) is 4.20. The fourth-order valence-corrected chi connectivity index (χ4v) is 0.885. The van der Waals surface area contributed by atoms with Crippen molar-refractivity contribution in [1.29, 1.82) is 0 Å². The molecular formula is C9H13N3O. The van der Waals surface area contributed by atoms with Gasteiger partial charge >= 0.3 is 0 Å². The van der Waals surface area contributed by atoms with Crippen LogP contribution in [0.15, 0.2) is 12.3 Å². The molecule has 0 aliphatic carbocycles. The maximum Gasteiger partial charge on any atom is 0.289 e. The molecule has 0 fully saturated rings. The van der Waals surface area contributed by atoms with Crippen LogP contribution < -0.4 is 5.32 Å². The highest BCUT2D eigenvalue weighted by molar-refractivity contribution is 5.90. The van der Waals surface area contributed by atoms with Gasteiger partial charge in [0.2, 0.25) is 5.82 Å². The summed E-state index contributed by atoms with van der Waals surface area (Å²) in [5.41, 5.74) is 0.795. The quantitative estimate of drug-likeness (QED) is 0.734. The van der Waals surface area contributed by atoms with Gasteiger partial charge in [-0.1, -0.05) is 0 Å². The second-order valence-corrected chi connectivity index (χ2v) is 3.15. The molecule has 0 aliphatic heterocycles. The third-order valence-electron chi connectivity index (χ3n) is 1.42. The van der Waals surface area contributed by atoms with E-state index >= 15 is 0 Å². The molecule has 70 valence electrons. The molecule has 0 saturated heterocycles. The zero-order valence-corrected chi connectivity index (χ0v) is 8.03. The topological polar surface area (TPSA) is 54.9 Å². The number of hydrogen-bond acceptors (Lipinski definition) is 3. The molecule has 4 heteroatoms. The fraction of sp³-hybridized carbons (Fsp3) is 0.444. The highest BCUT2D eigenvalue weighted by Gasteiger charge is 2.09. The van der Waals surface area contributed by atoms with Crippen LogP contribution in [0.25, 0.3) is 0 Å². The van der Waals surface area contributed by atoms with Gasteiger partial charge in [-0.25, -0.2) is 9.97 Å². The molecule has 0 aliphatic rings. The molecular weight excluding hydrogens is 166 g/mol. The van der Waals surface area contributed by atoms with Crippen LogP contribution in [-0.4, -0.2) is 21.9 Å². The molecule has 0 spiro atoms. The van der Waals surface area contributed by atoms with Crippen molar-refractivity contribution in [3.63, 3.8) is 0 Å². The lowest BCUT2D eigenvalue weighted by Crippen LogP contribution is -2.31. The van der Waals surface area contributed by atoms with Gasteiger partial charge < -0.3 is 5.32 Å². The summed E-state index contributed by atoms with van der Waals surface area (Å²) in [5, 5.41) is 2.72. The Labute approximate surface area is 77.4 Å². The van der Waals surface area contributed by atoms with E-state index in [1.807, 2.05) is 20.8 Å². The van der Waals surface area contributed by atoms with E-state index in [1.165, 1.54) is 0 Å². The molecule has 0 aromatic carbocycles. The Bertz CT molecular complexity index is 309. The Hall–Kier alpha value is -1.45. The van der Waals surface area contributed by atoms with Crippen LogP contribution in [0, 0.1) is 6.92 Å². The summed E-state index contributed by atoms with van der Waals surface area (Å²) in [5.74, 6) is 0.00685. The van der Waals surface area contributed by atoms with Crippen molar-refractivity contribution in [3.8, 4) is 0 Å². The molecule has 1 heterocycles. The average Bonchev–Trinajstić information content (AvgIpc) is 2.03. The second kappa shape index (κ2) is 3.98. The van der Waals surface area contributed by atoms with Gasteiger partial charge in [-0.05, 0) is 26.8 Å². The van der Waals surface area contributed by atoms with Gasteiger partial charge in [0.25, 0.3) is 5.91 Å². The van der Waals surface area contributed by atoms with Crippen LogP contribution in [-0.2, 0) is 0 Å². The second-order valence-electron chi connectivity index (χ2n) is 3.15. The lowest BCUT2D eigenvalue weighted by atomic mass is 10.3. The van der Waals surface area contributed by atoms with Gasteiger partial charge in [-0.2, -0.15) is 0 Å². The van der Waals surface area contributed by atoms with Gasteiger partial charge in [-0.3, -0.25) is 4.79 Å². The van der Waals surface area contributed by atoms with E-state index in [2.05, 4.69) is 15.3 Å². The van der Waals surface area contributed by atoms with E-state index in [9.17, 15) is 4.79 Å². The summed E-state index contributed by atoms with van der Waals surface area (Å²) in [6, 6.07) is 1.86. The van der Waals surface area contributed by atoms with E-state index in [1.54, 1.807) is 12.3 Å². The lowest BCUT2D eigenvalue weighted by Gasteiger charge is -2.06. The van der Waals surface area contributed by atoms with Crippen molar-refractivity contribution in [2.75, 3.05) is 0 Å². The maximum atomic E-state index is 11.4. The lowest BCUT2D eigenvalue weighted by molar-refractivity contribution is 0.0932. The summed E-state index contributed by atoms with van der Waals surface area (Å²) in [4.78, 5) is 19.2. The molecule has 4 nitrogen and oxygen atoms in total. The van der Waals surface area contributed by atoms with Gasteiger partial charge in [0, 0.05) is 17.9 Å². The van der Waals surface area contributed by atoms with Gasteiger partial charge in [-0.15, -0.1) is 0 Å². The number of aryl methyl sites for hydroxylation is 1. The SMILES string of the molecule is Cc1ccnc(C(=O)NC(C)C)n1. The molecule has 1 rings (SSSR count). The summed E-state index contributed by atoms with van der Waals surface area (Å²) in [6.07, 6.45) is 1.58. The number of carbonyl (C=O) groups is 1. The molecule has 0 radical (unpaired) electrons. The van der Waals surface area contributed by atoms with Crippen LogP contribution in [0.1, 0.15) is 30.2 Å². The van der Waals surface area contributed by atoms with Crippen LogP contribution >= 0.6 is 0 Å².